The molecule has 0 radical (unpaired) electrons. The van der Waals surface area contributed by atoms with Crippen molar-refractivity contribution in [3.05, 3.63) is 115 Å². The molecule has 0 spiro atoms. The molecule has 0 saturated carbocycles. The molecule has 0 saturated heterocycles. The van der Waals surface area contributed by atoms with Crippen molar-refractivity contribution in [2.45, 2.75) is 13.0 Å². The second kappa shape index (κ2) is 7.88. The van der Waals surface area contributed by atoms with Crippen LogP contribution in [0.1, 0.15) is 22.4 Å². The van der Waals surface area contributed by atoms with Gasteiger partial charge in [-0.25, -0.2) is 0 Å². The minimum atomic E-state index is -0.0454. The first-order chi connectivity index (χ1) is 14.6. The number of allylic oxidation sites excluding steroid dienone is 1. The van der Waals surface area contributed by atoms with Gasteiger partial charge in [-0.05, 0) is 53.1 Å². The molecule has 0 atom stereocenters. The SMILES string of the molecule is O=c1cc(C2=CCc3ncc(-c4ccc(Cl)s4)cc32)ccn1Cc1cccc(Cl)c1. The Morgan fingerprint density at radius 2 is 1.93 bits per heavy atom. The summed E-state index contributed by atoms with van der Waals surface area (Å²) in [6, 6.07) is 17.3. The number of rotatable bonds is 4. The lowest BCUT2D eigenvalue weighted by molar-refractivity contribution is 0.758. The van der Waals surface area contributed by atoms with Gasteiger partial charge in [-0.1, -0.05) is 41.4 Å². The topological polar surface area (TPSA) is 34.9 Å². The summed E-state index contributed by atoms with van der Waals surface area (Å²) in [4.78, 5) is 18.5. The highest BCUT2D eigenvalue weighted by molar-refractivity contribution is 7.19. The summed E-state index contributed by atoms with van der Waals surface area (Å²) in [7, 11) is 0. The third-order valence-electron chi connectivity index (χ3n) is 5.17. The number of hydrogen-bond donors (Lipinski definition) is 0. The van der Waals surface area contributed by atoms with E-state index in [1.54, 1.807) is 10.6 Å². The Morgan fingerprint density at radius 3 is 2.70 bits per heavy atom. The number of hydrogen-bond acceptors (Lipinski definition) is 3. The van der Waals surface area contributed by atoms with Crippen LogP contribution in [0.5, 0.6) is 0 Å². The number of aromatic nitrogens is 2. The van der Waals surface area contributed by atoms with Crippen LogP contribution < -0.4 is 5.56 Å². The molecule has 1 aliphatic carbocycles. The highest BCUT2D eigenvalue weighted by atomic mass is 35.5. The van der Waals surface area contributed by atoms with E-state index in [4.69, 9.17) is 23.2 Å². The van der Waals surface area contributed by atoms with E-state index in [0.717, 1.165) is 49.2 Å². The average Bonchev–Trinajstić information content (AvgIpc) is 3.35. The average molecular weight is 451 g/mol. The molecule has 1 aliphatic rings. The fourth-order valence-corrected chi connectivity index (χ4v) is 4.95. The zero-order chi connectivity index (χ0) is 20.7. The summed E-state index contributed by atoms with van der Waals surface area (Å²) in [5, 5.41) is 0.667. The Balaban J connectivity index is 1.46. The van der Waals surface area contributed by atoms with Gasteiger partial charge in [-0.3, -0.25) is 9.78 Å². The predicted octanol–water partition coefficient (Wildman–Crippen LogP) is 6.31. The summed E-state index contributed by atoms with van der Waals surface area (Å²) in [5.41, 5.74) is 6.04. The predicted molar refractivity (Wildman–Crippen MR) is 125 cm³/mol. The molecule has 3 aromatic heterocycles. The van der Waals surface area contributed by atoms with Gasteiger partial charge in [0.1, 0.15) is 0 Å². The van der Waals surface area contributed by atoms with E-state index in [2.05, 4.69) is 17.1 Å². The van der Waals surface area contributed by atoms with E-state index in [9.17, 15) is 4.79 Å². The zero-order valence-electron chi connectivity index (χ0n) is 15.8. The van der Waals surface area contributed by atoms with Crippen molar-refractivity contribution < 1.29 is 0 Å². The number of pyridine rings is 2. The van der Waals surface area contributed by atoms with Crippen molar-refractivity contribution >= 4 is 40.1 Å². The molecule has 0 unspecified atom stereocenters. The molecule has 3 nitrogen and oxygen atoms in total. The lowest BCUT2D eigenvalue weighted by atomic mass is 10.0. The molecule has 148 valence electrons. The monoisotopic (exact) mass is 450 g/mol. The van der Waals surface area contributed by atoms with Crippen molar-refractivity contribution in [2.75, 3.05) is 0 Å². The van der Waals surface area contributed by atoms with Crippen LogP contribution in [0, 0.1) is 0 Å². The number of nitrogens with zero attached hydrogens (tertiary/aromatic N) is 2. The molecule has 3 heterocycles. The lowest BCUT2D eigenvalue weighted by Gasteiger charge is -2.10. The van der Waals surface area contributed by atoms with Gasteiger partial charge in [0.15, 0.2) is 0 Å². The van der Waals surface area contributed by atoms with E-state index in [0.29, 0.717) is 11.6 Å². The number of halogens is 2. The molecule has 0 aliphatic heterocycles. The van der Waals surface area contributed by atoms with Crippen LogP contribution in [0.15, 0.2) is 77.9 Å². The molecule has 6 heteroatoms. The maximum Gasteiger partial charge on any atom is 0.251 e. The molecule has 5 rings (SSSR count). The smallest absolute Gasteiger partial charge is 0.251 e. The number of fused-ring (bicyclic) bond motifs is 1. The molecular weight excluding hydrogens is 435 g/mol. The molecule has 0 N–H and O–H groups in total. The van der Waals surface area contributed by atoms with Crippen LogP contribution in [0.4, 0.5) is 0 Å². The van der Waals surface area contributed by atoms with Crippen LogP contribution in [-0.4, -0.2) is 9.55 Å². The standard InChI is InChI=1S/C24H16Cl2N2OS/c25-18-3-1-2-15(10-18)14-28-9-8-16(12-24(28)29)19-4-5-21-20(19)11-17(13-27-21)22-6-7-23(26)30-22/h1-4,6-13H,5,14H2. The van der Waals surface area contributed by atoms with Gasteiger partial charge < -0.3 is 4.57 Å². The van der Waals surface area contributed by atoms with Crippen LogP contribution >= 0.6 is 34.5 Å². The van der Waals surface area contributed by atoms with Gasteiger partial charge in [-0.2, -0.15) is 0 Å². The van der Waals surface area contributed by atoms with Crippen LogP contribution in [-0.2, 0) is 13.0 Å². The molecular formula is C24H16Cl2N2OS. The Kier molecular flexibility index (Phi) is 5.07. The zero-order valence-corrected chi connectivity index (χ0v) is 18.1. The second-order valence-electron chi connectivity index (χ2n) is 7.16. The third kappa shape index (κ3) is 3.74. The summed E-state index contributed by atoms with van der Waals surface area (Å²) < 4.78 is 2.44. The molecule has 1 aromatic carbocycles. The maximum atomic E-state index is 12.8. The minimum absolute atomic E-state index is 0.0454. The van der Waals surface area contributed by atoms with Crippen molar-refractivity contribution in [3.63, 3.8) is 0 Å². The quantitative estimate of drug-likeness (QED) is 0.364. The molecule has 0 amide bonds. The minimum Gasteiger partial charge on any atom is -0.311 e. The van der Waals surface area contributed by atoms with E-state index >= 15 is 0 Å². The summed E-state index contributed by atoms with van der Waals surface area (Å²) in [5.74, 6) is 0. The summed E-state index contributed by atoms with van der Waals surface area (Å²) in [6.07, 6.45) is 6.63. The lowest BCUT2D eigenvalue weighted by Crippen LogP contribution is -2.19. The highest BCUT2D eigenvalue weighted by Crippen LogP contribution is 2.36. The van der Waals surface area contributed by atoms with Crippen molar-refractivity contribution in [2.24, 2.45) is 0 Å². The van der Waals surface area contributed by atoms with Gasteiger partial charge in [0, 0.05) is 45.9 Å². The molecule has 0 bridgehead atoms. The highest BCUT2D eigenvalue weighted by Gasteiger charge is 2.19. The van der Waals surface area contributed by atoms with E-state index in [1.807, 2.05) is 54.9 Å². The molecule has 0 fully saturated rings. The van der Waals surface area contributed by atoms with Gasteiger partial charge in [0.05, 0.1) is 16.6 Å². The van der Waals surface area contributed by atoms with E-state index < -0.39 is 0 Å². The number of thiophene rings is 1. The maximum absolute atomic E-state index is 12.8. The van der Waals surface area contributed by atoms with Crippen LogP contribution in [0.2, 0.25) is 9.36 Å². The molecule has 4 aromatic rings. The van der Waals surface area contributed by atoms with E-state index in [1.165, 1.54) is 11.3 Å². The Bertz CT molecular complexity index is 1350. The fourth-order valence-electron chi connectivity index (χ4n) is 3.71. The summed E-state index contributed by atoms with van der Waals surface area (Å²) >= 11 is 13.7. The third-order valence-corrected chi connectivity index (χ3v) is 6.68. The fraction of sp³-hybridized carbons (Fsp3) is 0.0833. The largest absolute Gasteiger partial charge is 0.311 e. The van der Waals surface area contributed by atoms with Crippen molar-refractivity contribution in [3.8, 4) is 10.4 Å². The van der Waals surface area contributed by atoms with Crippen LogP contribution in [0.3, 0.4) is 0 Å². The Labute approximate surface area is 187 Å². The van der Waals surface area contributed by atoms with E-state index in [-0.39, 0.29) is 5.56 Å². The van der Waals surface area contributed by atoms with Crippen LogP contribution in [0.25, 0.3) is 16.0 Å². The molecule has 30 heavy (non-hydrogen) atoms. The Hall–Kier alpha value is -2.66. The second-order valence-corrected chi connectivity index (χ2v) is 9.31. The van der Waals surface area contributed by atoms with Gasteiger partial charge in [-0.15, -0.1) is 11.3 Å². The first-order valence-corrected chi connectivity index (χ1v) is 11.0. The van der Waals surface area contributed by atoms with Gasteiger partial charge in [0.25, 0.3) is 5.56 Å². The number of benzene rings is 1. The van der Waals surface area contributed by atoms with Crippen molar-refractivity contribution in [1.29, 1.82) is 0 Å². The normalized spacial score (nSPS) is 12.7. The Morgan fingerprint density at radius 1 is 1.03 bits per heavy atom. The van der Waals surface area contributed by atoms with Gasteiger partial charge >= 0.3 is 0 Å². The summed E-state index contributed by atoms with van der Waals surface area (Å²) in [6.45, 7) is 0.486. The van der Waals surface area contributed by atoms with Gasteiger partial charge in [0.2, 0.25) is 0 Å². The first-order valence-electron chi connectivity index (χ1n) is 9.47. The first kappa shape index (κ1) is 19.3. The van der Waals surface area contributed by atoms with Crippen molar-refractivity contribution in [1.82, 2.24) is 9.55 Å².